The Morgan fingerprint density at radius 2 is 1.79 bits per heavy atom. The van der Waals surface area contributed by atoms with E-state index in [4.69, 9.17) is 0 Å². The van der Waals surface area contributed by atoms with Gasteiger partial charge in [-0.25, -0.2) is 9.97 Å². The number of hydrogen-bond donors (Lipinski definition) is 1. The van der Waals surface area contributed by atoms with E-state index in [1.54, 1.807) is 12.4 Å². The Morgan fingerprint density at radius 3 is 2.46 bits per heavy atom. The molecule has 0 radical (unpaired) electrons. The molecule has 1 aliphatic heterocycles. The van der Waals surface area contributed by atoms with Gasteiger partial charge in [0.05, 0.1) is 5.56 Å². The Morgan fingerprint density at radius 1 is 1.12 bits per heavy atom. The fourth-order valence-electron chi connectivity index (χ4n) is 2.70. The summed E-state index contributed by atoms with van der Waals surface area (Å²) in [5, 5.41) is 3.20. The fourth-order valence-corrected chi connectivity index (χ4v) is 2.70. The Hall–Kier alpha value is -2.47. The molecular formula is C18H23N5O. The highest BCUT2D eigenvalue weighted by atomic mass is 16.2. The zero-order valence-electron chi connectivity index (χ0n) is 14.2. The van der Waals surface area contributed by atoms with E-state index in [1.807, 2.05) is 17.0 Å². The van der Waals surface area contributed by atoms with E-state index in [0.29, 0.717) is 18.1 Å². The fraction of sp³-hybridized carbons (Fsp3) is 0.389. The number of anilines is 1. The number of aromatic nitrogens is 2. The minimum absolute atomic E-state index is 0.00792. The summed E-state index contributed by atoms with van der Waals surface area (Å²) in [5.74, 6) is 0.543. The van der Waals surface area contributed by atoms with Crippen LogP contribution in [-0.4, -0.2) is 58.9 Å². The third kappa shape index (κ3) is 3.89. The molecule has 2 heterocycles. The van der Waals surface area contributed by atoms with Crippen molar-refractivity contribution in [2.45, 2.75) is 13.5 Å². The van der Waals surface area contributed by atoms with Gasteiger partial charge in [-0.1, -0.05) is 24.3 Å². The first-order valence-electron chi connectivity index (χ1n) is 8.22. The topological polar surface area (TPSA) is 61.4 Å². The molecule has 2 aromatic rings. The van der Waals surface area contributed by atoms with Crippen molar-refractivity contribution in [1.82, 2.24) is 19.8 Å². The van der Waals surface area contributed by atoms with E-state index in [9.17, 15) is 4.79 Å². The highest BCUT2D eigenvalue weighted by Gasteiger charge is 2.20. The van der Waals surface area contributed by atoms with Crippen LogP contribution in [0.3, 0.4) is 0 Å². The molecule has 0 unspecified atom stereocenters. The summed E-state index contributed by atoms with van der Waals surface area (Å²) in [6.45, 7) is 6.06. The molecule has 6 nitrogen and oxygen atoms in total. The van der Waals surface area contributed by atoms with E-state index in [-0.39, 0.29) is 5.91 Å². The lowest BCUT2D eigenvalue weighted by molar-refractivity contribution is 0.0663. The lowest BCUT2D eigenvalue weighted by atomic mass is 10.1. The Kier molecular flexibility index (Phi) is 5.05. The van der Waals surface area contributed by atoms with Gasteiger partial charge in [0.1, 0.15) is 0 Å². The van der Waals surface area contributed by atoms with Crippen LogP contribution in [0.2, 0.25) is 0 Å². The number of likely N-dealkylation sites (N-methyl/N-ethyl adjacent to an activating group) is 1. The maximum atomic E-state index is 12.4. The van der Waals surface area contributed by atoms with E-state index in [0.717, 1.165) is 26.2 Å². The second-order valence-corrected chi connectivity index (χ2v) is 6.17. The first-order chi connectivity index (χ1) is 11.6. The molecule has 6 heteroatoms. The zero-order chi connectivity index (χ0) is 16.9. The molecule has 1 aromatic heterocycles. The monoisotopic (exact) mass is 325 g/mol. The van der Waals surface area contributed by atoms with Crippen LogP contribution in [-0.2, 0) is 6.54 Å². The van der Waals surface area contributed by atoms with Gasteiger partial charge in [-0.3, -0.25) is 4.79 Å². The summed E-state index contributed by atoms with van der Waals surface area (Å²) >= 11 is 0. The van der Waals surface area contributed by atoms with E-state index in [2.05, 4.69) is 46.3 Å². The molecule has 0 bridgehead atoms. The molecule has 1 aromatic carbocycles. The summed E-state index contributed by atoms with van der Waals surface area (Å²) in [7, 11) is 2.07. The number of rotatable bonds is 4. The van der Waals surface area contributed by atoms with Crippen LogP contribution in [0.25, 0.3) is 0 Å². The average molecular weight is 325 g/mol. The van der Waals surface area contributed by atoms with Crippen molar-refractivity contribution < 1.29 is 4.79 Å². The van der Waals surface area contributed by atoms with Crippen molar-refractivity contribution >= 4 is 11.9 Å². The van der Waals surface area contributed by atoms with Gasteiger partial charge in [-0.05, 0) is 25.1 Å². The summed E-state index contributed by atoms with van der Waals surface area (Å²) in [4.78, 5) is 25.1. The Labute approximate surface area is 142 Å². The standard InChI is InChI=1S/C18H23N5O/c1-14-5-3-4-6-15(14)11-19-18-20-12-16(13-21-18)17(24)23-9-7-22(2)8-10-23/h3-6,12-13H,7-11H2,1-2H3,(H,19,20,21). The average Bonchev–Trinajstić information content (AvgIpc) is 2.62. The van der Waals surface area contributed by atoms with E-state index in [1.165, 1.54) is 11.1 Å². The number of carbonyl (C=O) groups excluding carboxylic acids is 1. The summed E-state index contributed by atoms with van der Waals surface area (Å²) in [6.07, 6.45) is 3.21. The second-order valence-electron chi connectivity index (χ2n) is 6.17. The molecule has 1 N–H and O–H groups in total. The van der Waals surface area contributed by atoms with Crippen LogP contribution in [0.1, 0.15) is 21.5 Å². The number of nitrogens with one attached hydrogen (secondary N) is 1. The van der Waals surface area contributed by atoms with Gasteiger partial charge < -0.3 is 15.1 Å². The number of aryl methyl sites for hydroxylation is 1. The molecule has 1 fully saturated rings. The van der Waals surface area contributed by atoms with Crippen LogP contribution in [0.5, 0.6) is 0 Å². The van der Waals surface area contributed by atoms with Gasteiger partial charge in [0.25, 0.3) is 5.91 Å². The van der Waals surface area contributed by atoms with Gasteiger partial charge in [0, 0.05) is 45.1 Å². The molecule has 1 aliphatic rings. The Balaban J connectivity index is 1.59. The molecule has 0 atom stereocenters. The van der Waals surface area contributed by atoms with Crippen molar-refractivity contribution in [3.05, 3.63) is 53.3 Å². The highest BCUT2D eigenvalue weighted by Crippen LogP contribution is 2.11. The van der Waals surface area contributed by atoms with Crippen molar-refractivity contribution in [3.63, 3.8) is 0 Å². The molecular weight excluding hydrogens is 302 g/mol. The van der Waals surface area contributed by atoms with Crippen molar-refractivity contribution in [2.24, 2.45) is 0 Å². The third-order valence-electron chi connectivity index (χ3n) is 4.39. The van der Waals surface area contributed by atoms with Crippen molar-refractivity contribution in [1.29, 1.82) is 0 Å². The number of piperazine rings is 1. The summed E-state index contributed by atoms with van der Waals surface area (Å²) in [6, 6.07) is 8.19. The van der Waals surface area contributed by atoms with Crippen LogP contribution in [0.4, 0.5) is 5.95 Å². The molecule has 0 spiro atoms. The SMILES string of the molecule is Cc1ccccc1CNc1ncc(C(=O)N2CCN(C)CC2)cn1. The Bertz CT molecular complexity index is 693. The number of nitrogens with zero attached hydrogens (tertiary/aromatic N) is 4. The second kappa shape index (κ2) is 7.40. The largest absolute Gasteiger partial charge is 0.350 e. The lowest BCUT2D eigenvalue weighted by Gasteiger charge is -2.32. The summed E-state index contributed by atoms with van der Waals surface area (Å²) < 4.78 is 0. The molecule has 1 saturated heterocycles. The van der Waals surface area contributed by atoms with Crippen LogP contribution in [0, 0.1) is 6.92 Å². The molecule has 1 amide bonds. The smallest absolute Gasteiger partial charge is 0.257 e. The maximum Gasteiger partial charge on any atom is 0.257 e. The third-order valence-corrected chi connectivity index (χ3v) is 4.39. The van der Waals surface area contributed by atoms with E-state index >= 15 is 0 Å². The number of carbonyl (C=O) groups is 1. The van der Waals surface area contributed by atoms with Crippen molar-refractivity contribution in [2.75, 3.05) is 38.5 Å². The number of hydrogen-bond acceptors (Lipinski definition) is 5. The normalized spacial score (nSPS) is 15.3. The zero-order valence-corrected chi connectivity index (χ0v) is 14.2. The van der Waals surface area contributed by atoms with Crippen LogP contribution < -0.4 is 5.32 Å². The number of benzene rings is 1. The molecule has 3 rings (SSSR count). The van der Waals surface area contributed by atoms with Crippen molar-refractivity contribution in [3.8, 4) is 0 Å². The first kappa shape index (κ1) is 16.4. The number of amides is 1. The van der Waals surface area contributed by atoms with Crippen LogP contribution >= 0.6 is 0 Å². The molecule has 126 valence electrons. The molecule has 0 saturated carbocycles. The minimum atomic E-state index is 0.00792. The quantitative estimate of drug-likeness (QED) is 0.928. The minimum Gasteiger partial charge on any atom is -0.350 e. The molecule has 0 aliphatic carbocycles. The maximum absolute atomic E-state index is 12.4. The van der Waals surface area contributed by atoms with E-state index < -0.39 is 0 Å². The van der Waals surface area contributed by atoms with Gasteiger partial charge in [-0.2, -0.15) is 0 Å². The summed E-state index contributed by atoms with van der Waals surface area (Å²) in [5.41, 5.74) is 2.98. The van der Waals surface area contributed by atoms with Crippen LogP contribution in [0.15, 0.2) is 36.7 Å². The van der Waals surface area contributed by atoms with Gasteiger partial charge in [0.2, 0.25) is 5.95 Å². The highest BCUT2D eigenvalue weighted by molar-refractivity contribution is 5.93. The predicted molar refractivity (Wildman–Crippen MR) is 93.9 cm³/mol. The lowest BCUT2D eigenvalue weighted by Crippen LogP contribution is -2.47. The van der Waals surface area contributed by atoms with Gasteiger partial charge >= 0.3 is 0 Å². The van der Waals surface area contributed by atoms with Gasteiger partial charge in [-0.15, -0.1) is 0 Å². The predicted octanol–water partition coefficient (Wildman–Crippen LogP) is 1.78. The van der Waals surface area contributed by atoms with Gasteiger partial charge in [0.15, 0.2) is 0 Å². The molecule has 24 heavy (non-hydrogen) atoms. The first-order valence-corrected chi connectivity index (χ1v) is 8.22.